The summed E-state index contributed by atoms with van der Waals surface area (Å²) in [5, 5.41) is 3.02. The number of hydrogen-bond donors (Lipinski definition) is 1. The minimum atomic E-state index is -0.0498. The molecule has 0 bridgehead atoms. The van der Waals surface area contributed by atoms with Crippen LogP contribution in [0.4, 0.5) is 0 Å². The molecule has 0 aromatic heterocycles. The molecule has 0 unspecified atom stereocenters. The standard InChI is InChI=1S/C13H16BrNO2/c1-8-5-10(6-8)15-13(16)11-4-3-9(14)7-12(11)17-2/h3-4,7-8,10H,5-6H2,1-2H3,(H,15,16). The van der Waals surface area contributed by atoms with Crippen LogP contribution in [0.3, 0.4) is 0 Å². The Hall–Kier alpha value is -1.03. The largest absolute Gasteiger partial charge is 0.496 e. The zero-order chi connectivity index (χ0) is 12.4. The lowest BCUT2D eigenvalue weighted by atomic mass is 9.82. The van der Waals surface area contributed by atoms with Crippen LogP contribution in [0.15, 0.2) is 22.7 Å². The first kappa shape index (κ1) is 12.4. The van der Waals surface area contributed by atoms with E-state index in [0.717, 1.165) is 23.2 Å². The number of nitrogens with one attached hydrogen (secondary N) is 1. The highest BCUT2D eigenvalue weighted by Crippen LogP contribution is 2.28. The van der Waals surface area contributed by atoms with E-state index >= 15 is 0 Å². The quantitative estimate of drug-likeness (QED) is 0.931. The van der Waals surface area contributed by atoms with Gasteiger partial charge in [-0.25, -0.2) is 0 Å². The molecule has 1 saturated carbocycles. The van der Waals surface area contributed by atoms with Gasteiger partial charge in [0.2, 0.25) is 0 Å². The Balaban J connectivity index is 2.08. The Kier molecular flexibility index (Phi) is 3.72. The summed E-state index contributed by atoms with van der Waals surface area (Å²) in [4.78, 5) is 12.0. The summed E-state index contributed by atoms with van der Waals surface area (Å²) >= 11 is 3.36. The van der Waals surface area contributed by atoms with Crippen LogP contribution >= 0.6 is 15.9 Å². The van der Waals surface area contributed by atoms with Crippen molar-refractivity contribution < 1.29 is 9.53 Å². The number of ether oxygens (including phenoxy) is 1. The third kappa shape index (κ3) is 2.80. The van der Waals surface area contributed by atoms with E-state index < -0.39 is 0 Å². The van der Waals surface area contributed by atoms with Crippen LogP contribution < -0.4 is 10.1 Å². The Bertz CT molecular complexity index is 427. The van der Waals surface area contributed by atoms with E-state index in [1.54, 1.807) is 19.2 Å². The van der Waals surface area contributed by atoms with Gasteiger partial charge in [0.05, 0.1) is 12.7 Å². The van der Waals surface area contributed by atoms with E-state index in [9.17, 15) is 4.79 Å². The predicted octanol–water partition coefficient (Wildman–Crippen LogP) is 2.99. The molecule has 1 aromatic carbocycles. The van der Waals surface area contributed by atoms with E-state index in [1.807, 2.05) is 6.07 Å². The molecule has 1 amide bonds. The van der Waals surface area contributed by atoms with E-state index in [-0.39, 0.29) is 5.91 Å². The second-order valence-electron chi connectivity index (χ2n) is 4.59. The minimum absolute atomic E-state index is 0.0498. The summed E-state index contributed by atoms with van der Waals surface area (Å²) in [7, 11) is 1.57. The molecule has 0 radical (unpaired) electrons. The second kappa shape index (κ2) is 5.08. The highest BCUT2D eigenvalue weighted by atomic mass is 79.9. The van der Waals surface area contributed by atoms with Gasteiger partial charge in [-0.2, -0.15) is 0 Å². The SMILES string of the molecule is COc1cc(Br)ccc1C(=O)NC1CC(C)C1. The highest BCUT2D eigenvalue weighted by molar-refractivity contribution is 9.10. The molecular weight excluding hydrogens is 282 g/mol. The molecule has 2 rings (SSSR count). The van der Waals surface area contributed by atoms with Crippen molar-refractivity contribution >= 4 is 21.8 Å². The van der Waals surface area contributed by atoms with Gasteiger partial charge in [-0.3, -0.25) is 4.79 Å². The first-order chi connectivity index (χ1) is 8.10. The number of methoxy groups -OCH3 is 1. The Labute approximate surface area is 110 Å². The van der Waals surface area contributed by atoms with E-state index in [0.29, 0.717) is 17.4 Å². The molecule has 1 aliphatic carbocycles. The van der Waals surface area contributed by atoms with Crippen LogP contribution in [0.1, 0.15) is 30.1 Å². The van der Waals surface area contributed by atoms with Crippen molar-refractivity contribution in [1.29, 1.82) is 0 Å². The summed E-state index contributed by atoms with van der Waals surface area (Å²) in [6.45, 7) is 2.20. The lowest BCUT2D eigenvalue weighted by Gasteiger charge is -2.33. The lowest BCUT2D eigenvalue weighted by Crippen LogP contribution is -2.43. The third-order valence-corrected chi connectivity index (χ3v) is 3.61. The molecule has 0 atom stereocenters. The van der Waals surface area contributed by atoms with Gasteiger partial charge in [0, 0.05) is 10.5 Å². The molecule has 1 N–H and O–H groups in total. The fraction of sp³-hybridized carbons (Fsp3) is 0.462. The molecule has 0 aliphatic heterocycles. The zero-order valence-corrected chi connectivity index (χ0v) is 11.6. The van der Waals surface area contributed by atoms with Crippen molar-refractivity contribution in [1.82, 2.24) is 5.32 Å². The monoisotopic (exact) mass is 297 g/mol. The maximum Gasteiger partial charge on any atom is 0.255 e. The first-order valence-corrected chi connectivity index (χ1v) is 6.54. The van der Waals surface area contributed by atoms with Gasteiger partial charge < -0.3 is 10.1 Å². The highest BCUT2D eigenvalue weighted by Gasteiger charge is 2.27. The number of hydrogen-bond acceptors (Lipinski definition) is 2. The molecule has 17 heavy (non-hydrogen) atoms. The Morgan fingerprint density at radius 3 is 2.76 bits per heavy atom. The molecule has 4 heteroatoms. The van der Waals surface area contributed by atoms with E-state index in [1.165, 1.54) is 0 Å². The smallest absolute Gasteiger partial charge is 0.255 e. The van der Waals surface area contributed by atoms with Gasteiger partial charge in [0.25, 0.3) is 5.91 Å². The van der Waals surface area contributed by atoms with Crippen LogP contribution in [-0.4, -0.2) is 19.1 Å². The molecule has 1 aliphatic rings. The van der Waals surface area contributed by atoms with Gasteiger partial charge in [0.15, 0.2) is 0 Å². The van der Waals surface area contributed by atoms with Crippen molar-refractivity contribution in [3.05, 3.63) is 28.2 Å². The van der Waals surface area contributed by atoms with Crippen LogP contribution in [0.25, 0.3) is 0 Å². The summed E-state index contributed by atoms with van der Waals surface area (Å²) in [6, 6.07) is 5.75. The van der Waals surface area contributed by atoms with Gasteiger partial charge in [0.1, 0.15) is 5.75 Å². The van der Waals surface area contributed by atoms with Gasteiger partial charge in [-0.15, -0.1) is 0 Å². The number of carbonyl (C=O) groups excluding carboxylic acids is 1. The molecule has 0 heterocycles. The molecule has 92 valence electrons. The second-order valence-corrected chi connectivity index (χ2v) is 5.51. The van der Waals surface area contributed by atoms with Crippen LogP contribution in [0, 0.1) is 5.92 Å². The molecular formula is C13H16BrNO2. The van der Waals surface area contributed by atoms with Gasteiger partial charge in [-0.05, 0) is 37.0 Å². The Morgan fingerprint density at radius 2 is 2.18 bits per heavy atom. The summed E-state index contributed by atoms with van der Waals surface area (Å²) in [5.74, 6) is 1.28. The van der Waals surface area contributed by atoms with Crippen LogP contribution in [0.2, 0.25) is 0 Å². The summed E-state index contributed by atoms with van der Waals surface area (Å²) < 4.78 is 6.12. The van der Waals surface area contributed by atoms with Crippen molar-refractivity contribution in [3.8, 4) is 5.75 Å². The number of benzene rings is 1. The number of amides is 1. The molecule has 3 nitrogen and oxygen atoms in total. The fourth-order valence-electron chi connectivity index (χ4n) is 2.14. The molecule has 0 spiro atoms. The Morgan fingerprint density at radius 1 is 1.47 bits per heavy atom. The van der Waals surface area contributed by atoms with Gasteiger partial charge >= 0.3 is 0 Å². The third-order valence-electron chi connectivity index (χ3n) is 3.12. The normalized spacial score (nSPS) is 22.8. The van der Waals surface area contributed by atoms with Crippen molar-refractivity contribution in [2.45, 2.75) is 25.8 Å². The van der Waals surface area contributed by atoms with E-state index in [2.05, 4.69) is 28.2 Å². The lowest BCUT2D eigenvalue weighted by molar-refractivity contribution is 0.0893. The number of rotatable bonds is 3. The van der Waals surface area contributed by atoms with Gasteiger partial charge in [-0.1, -0.05) is 22.9 Å². The molecule has 1 fully saturated rings. The fourth-order valence-corrected chi connectivity index (χ4v) is 2.48. The van der Waals surface area contributed by atoms with Crippen molar-refractivity contribution in [2.75, 3.05) is 7.11 Å². The summed E-state index contributed by atoms with van der Waals surface area (Å²) in [6.07, 6.45) is 2.15. The zero-order valence-electron chi connectivity index (χ0n) is 10.00. The average Bonchev–Trinajstić information content (AvgIpc) is 2.26. The average molecular weight is 298 g/mol. The van der Waals surface area contributed by atoms with Crippen LogP contribution in [-0.2, 0) is 0 Å². The van der Waals surface area contributed by atoms with Crippen molar-refractivity contribution in [2.24, 2.45) is 5.92 Å². The molecule has 0 saturated heterocycles. The minimum Gasteiger partial charge on any atom is -0.496 e. The van der Waals surface area contributed by atoms with Crippen molar-refractivity contribution in [3.63, 3.8) is 0 Å². The topological polar surface area (TPSA) is 38.3 Å². The maximum atomic E-state index is 12.0. The summed E-state index contributed by atoms with van der Waals surface area (Å²) in [5.41, 5.74) is 0.593. The first-order valence-electron chi connectivity index (χ1n) is 5.74. The van der Waals surface area contributed by atoms with E-state index in [4.69, 9.17) is 4.74 Å². The number of carbonyl (C=O) groups is 1. The van der Waals surface area contributed by atoms with Crippen LogP contribution in [0.5, 0.6) is 5.75 Å². The molecule has 1 aromatic rings. The maximum absolute atomic E-state index is 12.0. The number of halogens is 1. The predicted molar refractivity (Wildman–Crippen MR) is 70.3 cm³/mol.